The van der Waals surface area contributed by atoms with Crippen molar-refractivity contribution in [2.45, 2.75) is 26.4 Å². The van der Waals surface area contributed by atoms with Crippen LogP contribution in [0.4, 0.5) is 10.5 Å². The minimum absolute atomic E-state index is 0.0877. The van der Waals surface area contributed by atoms with E-state index in [9.17, 15) is 9.90 Å². The number of carbonyl (C=O) groups is 1. The second-order valence-electron chi connectivity index (χ2n) is 7.25. The van der Waals surface area contributed by atoms with Gasteiger partial charge in [0.05, 0.1) is 23.1 Å². The minimum Gasteiger partial charge on any atom is -0.465 e. The fourth-order valence-electron chi connectivity index (χ4n) is 3.88. The first-order valence-electron chi connectivity index (χ1n) is 9.36. The zero-order valence-corrected chi connectivity index (χ0v) is 16.0. The molecule has 3 aromatic rings. The van der Waals surface area contributed by atoms with Gasteiger partial charge in [0.25, 0.3) is 0 Å². The molecule has 0 unspecified atom stereocenters. The molecule has 3 heterocycles. The van der Waals surface area contributed by atoms with E-state index in [0.717, 1.165) is 33.6 Å². The van der Waals surface area contributed by atoms with E-state index in [2.05, 4.69) is 34.0 Å². The lowest BCUT2D eigenvalue weighted by molar-refractivity contribution is 0.136. The molecule has 0 aliphatic carbocycles. The highest BCUT2D eigenvalue weighted by atomic mass is 16.4. The molecular formula is C20H24N6O2. The SMILES string of the molecule is Cc1cc(-c2ncnn3cc(N4CCN(C(=O)O)C[C@@H]4C)cc23)ccc1CN. The number of nitrogens with two attached hydrogens (primary N) is 1. The Balaban J connectivity index is 1.70. The molecular weight excluding hydrogens is 356 g/mol. The molecule has 1 amide bonds. The van der Waals surface area contributed by atoms with E-state index in [1.165, 1.54) is 4.90 Å². The molecule has 1 saturated heterocycles. The van der Waals surface area contributed by atoms with Gasteiger partial charge in [0.1, 0.15) is 6.33 Å². The molecule has 146 valence electrons. The number of hydrogen-bond acceptors (Lipinski definition) is 5. The van der Waals surface area contributed by atoms with Crippen LogP contribution >= 0.6 is 0 Å². The van der Waals surface area contributed by atoms with Gasteiger partial charge in [0.15, 0.2) is 0 Å². The molecule has 1 aliphatic rings. The van der Waals surface area contributed by atoms with Crippen LogP contribution in [0.3, 0.4) is 0 Å². The van der Waals surface area contributed by atoms with E-state index in [1.54, 1.807) is 6.33 Å². The van der Waals surface area contributed by atoms with Gasteiger partial charge in [0, 0.05) is 37.8 Å². The third-order valence-electron chi connectivity index (χ3n) is 5.46. The van der Waals surface area contributed by atoms with E-state index in [0.29, 0.717) is 26.2 Å². The molecule has 28 heavy (non-hydrogen) atoms. The Labute approximate surface area is 163 Å². The van der Waals surface area contributed by atoms with Crippen LogP contribution in [-0.2, 0) is 6.54 Å². The predicted octanol–water partition coefficient (Wildman–Crippen LogP) is 2.35. The smallest absolute Gasteiger partial charge is 0.407 e. The van der Waals surface area contributed by atoms with Gasteiger partial charge in [0.2, 0.25) is 0 Å². The Kier molecular flexibility index (Phi) is 4.64. The van der Waals surface area contributed by atoms with Gasteiger partial charge in [-0.05, 0) is 37.1 Å². The average molecular weight is 380 g/mol. The topological polar surface area (TPSA) is 100.0 Å². The number of anilines is 1. The van der Waals surface area contributed by atoms with Crippen molar-refractivity contribution < 1.29 is 9.90 Å². The van der Waals surface area contributed by atoms with Gasteiger partial charge in [-0.15, -0.1) is 0 Å². The fourth-order valence-corrected chi connectivity index (χ4v) is 3.88. The summed E-state index contributed by atoms with van der Waals surface area (Å²) in [6.07, 6.45) is 2.68. The molecule has 1 aliphatic heterocycles. The van der Waals surface area contributed by atoms with Crippen LogP contribution in [0, 0.1) is 6.92 Å². The number of benzene rings is 1. The van der Waals surface area contributed by atoms with Crippen LogP contribution in [0.2, 0.25) is 0 Å². The number of nitrogens with zero attached hydrogens (tertiary/aromatic N) is 5. The first kappa shape index (κ1) is 18.2. The summed E-state index contributed by atoms with van der Waals surface area (Å²) in [7, 11) is 0. The van der Waals surface area contributed by atoms with Gasteiger partial charge in [-0.3, -0.25) is 0 Å². The number of fused-ring (bicyclic) bond motifs is 1. The Hall–Kier alpha value is -3.13. The monoisotopic (exact) mass is 380 g/mol. The summed E-state index contributed by atoms with van der Waals surface area (Å²) in [6, 6.07) is 8.35. The third-order valence-corrected chi connectivity index (χ3v) is 5.46. The number of hydrogen-bond donors (Lipinski definition) is 2. The highest BCUT2D eigenvalue weighted by Crippen LogP contribution is 2.29. The maximum absolute atomic E-state index is 11.2. The summed E-state index contributed by atoms with van der Waals surface area (Å²) in [5, 5.41) is 13.6. The lowest BCUT2D eigenvalue weighted by atomic mass is 10.0. The van der Waals surface area contributed by atoms with Crippen molar-refractivity contribution in [1.82, 2.24) is 19.5 Å². The lowest BCUT2D eigenvalue weighted by Crippen LogP contribution is -2.53. The van der Waals surface area contributed by atoms with E-state index >= 15 is 0 Å². The van der Waals surface area contributed by atoms with Crippen molar-refractivity contribution in [3.63, 3.8) is 0 Å². The molecule has 1 atom stereocenters. The van der Waals surface area contributed by atoms with Crippen LogP contribution in [0.5, 0.6) is 0 Å². The summed E-state index contributed by atoms with van der Waals surface area (Å²) < 4.78 is 1.83. The van der Waals surface area contributed by atoms with Crippen molar-refractivity contribution in [2.24, 2.45) is 5.73 Å². The Morgan fingerprint density at radius 2 is 2.14 bits per heavy atom. The summed E-state index contributed by atoms with van der Waals surface area (Å²) in [4.78, 5) is 19.4. The van der Waals surface area contributed by atoms with Crippen LogP contribution in [0.15, 0.2) is 36.8 Å². The summed E-state index contributed by atoms with van der Waals surface area (Å²) >= 11 is 0. The third kappa shape index (κ3) is 3.16. The molecule has 8 nitrogen and oxygen atoms in total. The van der Waals surface area contributed by atoms with Crippen molar-refractivity contribution in [1.29, 1.82) is 0 Å². The Morgan fingerprint density at radius 1 is 1.32 bits per heavy atom. The fraction of sp³-hybridized carbons (Fsp3) is 0.350. The first-order chi connectivity index (χ1) is 13.5. The van der Waals surface area contributed by atoms with Crippen LogP contribution in [-0.4, -0.2) is 56.4 Å². The second-order valence-corrected chi connectivity index (χ2v) is 7.25. The van der Waals surface area contributed by atoms with E-state index < -0.39 is 6.09 Å². The molecule has 0 saturated carbocycles. The summed E-state index contributed by atoms with van der Waals surface area (Å²) in [5.74, 6) is 0. The van der Waals surface area contributed by atoms with E-state index in [1.807, 2.05) is 29.8 Å². The summed E-state index contributed by atoms with van der Waals surface area (Å²) in [5.41, 5.74) is 11.9. The van der Waals surface area contributed by atoms with Crippen molar-refractivity contribution >= 4 is 17.3 Å². The van der Waals surface area contributed by atoms with E-state index in [-0.39, 0.29) is 6.04 Å². The van der Waals surface area contributed by atoms with Gasteiger partial charge in [-0.2, -0.15) is 5.10 Å². The van der Waals surface area contributed by atoms with Gasteiger partial charge < -0.3 is 20.6 Å². The van der Waals surface area contributed by atoms with Crippen molar-refractivity contribution in [3.8, 4) is 11.3 Å². The van der Waals surface area contributed by atoms with Crippen molar-refractivity contribution in [2.75, 3.05) is 24.5 Å². The highest BCUT2D eigenvalue weighted by Gasteiger charge is 2.27. The van der Waals surface area contributed by atoms with Crippen molar-refractivity contribution in [3.05, 3.63) is 47.9 Å². The molecule has 0 spiro atoms. The van der Waals surface area contributed by atoms with Crippen LogP contribution in [0.1, 0.15) is 18.1 Å². The normalized spacial score (nSPS) is 17.3. The molecule has 1 fully saturated rings. The predicted molar refractivity (Wildman–Crippen MR) is 107 cm³/mol. The van der Waals surface area contributed by atoms with Gasteiger partial charge in [-0.1, -0.05) is 12.1 Å². The first-order valence-corrected chi connectivity index (χ1v) is 9.36. The highest BCUT2D eigenvalue weighted by molar-refractivity contribution is 5.80. The number of aromatic nitrogens is 3. The maximum Gasteiger partial charge on any atom is 0.407 e. The molecule has 3 N–H and O–H groups in total. The molecule has 4 rings (SSSR count). The lowest BCUT2D eigenvalue weighted by Gasteiger charge is -2.39. The second kappa shape index (κ2) is 7.12. The summed E-state index contributed by atoms with van der Waals surface area (Å²) in [6.45, 7) is 6.23. The maximum atomic E-state index is 11.2. The largest absolute Gasteiger partial charge is 0.465 e. The Bertz CT molecular complexity index is 1030. The molecule has 8 heteroatoms. The standard InChI is InChI=1S/C20H24N6O2/c1-13-7-15(3-4-16(13)9-21)19-18-8-17(11-26(18)23-12-22-19)25-6-5-24(20(27)28)10-14(25)2/h3-4,7-8,11-12,14H,5-6,9-10,21H2,1-2H3,(H,27,28)/t14-/m0/s1. The quantitative estimate of drug-likeness (QED) is 0.723. The van der Waals surface area contributed by atoms with Gasteiger partial charge in [-0.25, -0.2) is 14.3 Å². The molecule has 0 radical (unpaired) electrons. The molecule has 0 bridgehead atoms. The molecule has 2 aromatic heterocycles. The minimum atomic E-state index is -0.863. The number of carboxylic acid groups (broad SMARTS) is 1. The Morgan fingerprint density at radius 3 is 2.82 bits per heavy atom. The number of piperazine rings is 1. The van der Waals surface area contributed by atoms with Crippen LogP contribution in [0.25, 0.3) is 16.8 Å². The van der Waals surface area contributed by atoms with Gasteiger partial charge >= 0.3 is 6.09 Å². The van der Waals surface area contributed by atoms with Crippen LogP contribution < -0.4 is 10.6 Å². The number of rotatable bonds is 3. The zero-order valence-electron chi connectivity index (χ0n) is 16.0. The van der Waals surface area contributed by atoms with E-state index in [4.69, 9.17) is 5.73 Å². The zero-order chi connectivity index (χ0) is 19.8. The molecule has 1 aromatic carbocycles. The number of aryl methyl sites for hydroxylation is 1. The average Bonchev–Trinajstić information content (AvgIpc) is 3.11. The number of amides is 1.